The Labute approximate surface area is 150 Å². The van der Waals surface area contributed by atoms with Crippen LogP contribution in [-0.2, 0) is 10.8 Å². The Hall–Kier alpha value is -0.620. The molecule has 1 aliphatic heterocycles. The van der Waals surface area contributed by atoms with Crippen molar-refractivity contribution >= 4 is 16.8 Å². The van der Waals surface area contributed by atoms with Gasteiger partial charge in [0.1, 0.15) is 0 Å². The molecule has 0 bridgehead atoms. The maximum Gasteiger partial charge on any atom is 0.191 e. The van der Waals surface area contributed by atoms with E-state index in [1.165, 1.54) is 32.5 Å². The lowest BCUT2D eigenvalue weighted by Gasteiger charge is -2.30. The number of hydrogen-bond donors (Lipinski definition) is 2. The van der Waals surface area contributed by atoms with Crippen molar-refractivity contribution in [2.75, 3.05) is 39.0 Å². The van der Waals surface area contributed by atoms with E-state index in [0.29, 0.717) is 17.2 Å². The molecule has 2 rings (SSSR count). The molecule has 1 saturated carbocycles. The molecule has 0 radical (unpaired) electrons. The molecule has 2 aliphatic rings. The number of aliphatic imine (C=N–C) groups is 1. The van der Waals surface area contributed by atoms with Gasteiger partial charge in [-0.3, -0.25) is 9.20 Å². The van der Waals surface area contributed by atoms with Gasteiger partial charge >= 0.3 is 0 Å². The molecule has 1 aliphatic carbocycles. The first-order chi connectivity index (χ1) is 11.6. The van der Waals surface area contributed by atoms with Crippen LogP contribution >= 0.6 is 0 Å². The maximum atomic E-state index is 12.1. The minimum absolute atomic E-state index is 0.355. The summed E-state index contributed by atoms with van der Waals surface area (Å²) in [4.78, 5) is 6.94. The molecule has 4 unspecified atom stereocenters. The van der Waals surface area contributed by atoms with Crippen LogP contribution in [0.15, 0.2) is 4.99 Å². The minimum Gasteiger partial charge on any atom is -0.356 e. The Morgan fingerprint density at radius 2 is 2.04 bits per heavy atom. The second kappa shape index (κ2) is 10.4. The van der Waals surface area contributed by atoms with Gasteiger partial charge in [-0.05, 0) is 51.1 Å². The standard InChI is InChI=1S/C18H36N4OS/c1-4-24(23)17-9-7-8-16(12-17)21-18(19-3)20-13-15(2)14-22-10-5-6-11-22/h15-17H,4-14H2,1-3H3,(H2,19,20,21). The Morgan fingerprint density at radius 3 is 2.71 bits per heavy atom. The predicted octanol–water partition coefficient (Wildman–Crippen LogP) is 1.96. The summed E-state index contributed by atoms with van der Waals surface area (Å²) < 4.78 is 12.1. The monoisotopic (exact) mass is 356 g/mol. The van der Waals surface area contributed by atoms with Gasteiger partial charge < -0.3 is 15.5 Å². The Kier molecular flexibility index (Phi) is 8.53. The van der Waals surface area contributed by atoms with Crippen molar-refractivity contribution < 1.29 is 4.21 Å². The van der Waals surface area contributed by atoms with Gasteiger partial charge in [0.2, 0.25) is 0 Å². The van der Waals surface area contributed by atoms with E-state index in [0.717, 1.165) is 43.9 Å². The third-order valence-corrected chi connectivity index (χ3v) is 6.97. The third-order valence-electron chi connectivity index (χ3n) is 5.23. The summed E-state index contributed by atoms with van der Waals surface area (Å²) in [6, 6.07) is 0.402. The molecule has 140 valence electrons. The van der Waals surface area contributed by atoms with Crippen molar-refractivity contribution in [2.24, 2.45) is 10.9 Å². The molecule has 0 aromatic rings. The van der Waals surface area contributed by atoms with Crippen LogP contribution in [0.25, 0.3) is 0 Å². The molecular formula is C18H36N4OS. The molecule has 0 aromatic heterocycles. The van der Waals surface area contributed by atoms with Crippen molar-refractivity contribution in [1.29, 1.82) is 0 Å². The van der Waals surface area contributed by atoms with Gasteiger partial charge in [-0.1, -0.05) is 20.3 Å². The fraction of sp³-hybridized carbons (Fsp3) is 0.944. The molecular weight excluding hydrogens is 320 g/mol. The van der Waals surface area contributed by atoms with Crippen molar-refractivity contribution in [3.8, 4) is 0 Å². The number of likely N-dealkylation sites (tertiary alicyclic amines) is 1. The number of nitrogens with one attached hydrogen (secondary N) is 2. The van der Waals surface area contributed by atoms with Crippen LogP contribution < -0.4 is 10.6 Å². The van der Waals surface area contributed by atoms with Gasteiger partial charge in [-0.25, -0.2) is 0 Å². The molecule has 6 heteroatoms. The average molecular weight is 357 g/mol. The SMILES string of the molecule is CCS(=O)C1CCCC(NC(=NC)NCC(C)CN2CCCC2)C1. The first-order valence-corrected chi connectivity index (χ1v) is 11.1. The molecule has 0 spiro atoms. The third kappa shape index (κ3) is 6.36. The summed E-state index contributed by atoms with van der Waals surface area (Å²) in [5, 5.41) is 7.39. The molecule has 4 atom stereocenters. The van der Waals surface area contributed by atoms with E-state index >= 15 is 0 Å². The second-order valence-corrected chi connectivity index (χ2v) is 9.37. The lowest BCUT2D eigenvalue weighted by atomic mass is 9.95. The highest BCUT2D eigenvalue weighted by Gasteiger charge is 2.26. The van der Waals surface area contributed by atoms with E-state index < -0.39 is 10.8 Å². The first kappa shape index (κ1) is 19.7. The topological polar surface area (TPSA) is 56.7 Å². The summed E-state index contributed by atoms with van der Waals surface area (Å²) in [6.07, 6.45) is 7.14. The zero-order chi connectivity index (χ0) is 17.4. The fourth-order valence-corrected chi connectivity index (χ4v) is 5.23. The summed E-state index contributed by atoms with van der Waals surface area (Å²) in [7, 11) is 1.17. The highest BCUT2D eigenvalue weighted by Crippen LogP contribution is 2.23. The average Bonchev–Trinajstić information content (AvgIpc) is 3.11. The summed E-state index contributed by atoms with van der Waals surface area (Å²) >= 11 is 0. The minimum atomic E-state index is -0.671. The van der Waals surface area contributed by atoms with E-state index in [4.69, 9.17) is 0 Å². The highest BCUT2D eigenvalue weighted by molar-refractivity contribution is 7.85. The smallest absolute Gasteiger partial charge is 0.191 e. The summed E-state index contributed by atoms with van der Waals surface area (Å²) in [6.45, 7) is 8.97. The van der Waals surface area contributed by atoms with Crippen LogP contribution in [0.5, 0.6) is 0 Å². The zero-order valence-electron chi connectivity index (χ0n) is 15.7. The van der Waals surface area contributed by atoms with Crippen molar-refractivity contribution in [2.45, 2.75) is 63.7 Å². The molecule has 1 heterocycles. The molecule has 0 aromatic carbocycles. The quantitative estimate of drug-likeness (QED) is 0.541. The second-order valence-electron chi connectivity index (χ2n) is 7.37. The molecule has 24 heavy (non-hydrogen) atoms. The van der Waals surface area contributed by atoms with Gasteiger partial charge in [0, 0.05) is 48.0 Å². The lowest BCUT2D eigenvalue weighted by molar-refractivity contribution is 0.287. The molecule has 5 nitrogen and oxygen atoms in total. The molecule has 2 fully saturated rings. The van der Waals surface area contributed by atoms with Crippen LogP contribution in [0.1, 0.15) is 52.4 Å². The van der Waals surface area contributed by atoms with Crippen molar-refractivity contribution in [3.63, 3.8) is 0 Å². The summed E-state index contributed by atoms with van der Waals surface area (Å²) in [5.74, 6) is 2.29. The Morgan fingerprint density at radius 1 is 1.29 bits per heavy atom. The molecule has 2 N–H and O–H groups in total. The number of rotatable bonds is 7. The highest BCUT2D eigenvalue weighted by atomic mass is 32.2. The van der Waals surface area contributed by atoms with Gasteiger partial charge in [0.15, 0.2) is 5.96 Å². The zero-order valence-corrected chi connectivity index (χ0v) is 16.5. The van der Waals surface area contributed by atoms with Crippen LogP contribution in [0.2, 0.25) is 0 Å². The largest absolute Gasteiger partial charge is 0.356 e. The van der Waals surface area contributed by atoms with Crippen LogP contribution in [-0.4, -0.2) is 65.3 Å². The van der Waals surface area contributed by atoms with E-state index in [1.54, 1.807) is 0 Å². The van der Waals surface area contributed by atoms with Crippen LogP contribution in [0.3, 0.4) is 0 Å². The normalized spacial score (nSPS) is 28.5. The van der Waals surface area contributed by atoms with E-state index in [9.17, 15) is 4.21 Å². The number of hydrogen-bond acceptors (Lipinski definition) is 3. The van der Waals surface area contributed by atoms with Crippen LogP contribution in [0, 0.1) is 5.92 Å². The van der Waals surface area contributed by atoms with Gasteiger partial charge in [0.25, 0.3) is 0 Å². The van der Waals surface area contributed by atoms with Gasteiger partial charge in [-0.2, -0.15) is 0 Å². The van der Waals surface area contributed by atoms with Gasteiger partial charge in [-0.15, -0.1) is 0 Å². The predicted molar refractivity (Wildman–Crippen MR) is 104 cm³/mol. The van der Waals surface area contributed by atoms with Gasteiger partial charge in [0.05, 0.1) is 0 Å². The van der Waals surface area contributed by atoms with Crippen molar-refractivity contribution in [3.05, 3.63) is 0 Å². The Balaban J connectivity index is 1.72. The van der Waals surface area contributed by atoms with E-state index in [-0.39, 0.29) is 0 Å². The first-order valence-electron chi connectivity index (χ1n) is 9.69. The number of nitrogens with zero attached hydrogens (tertiary/aromatic N) is 2. The Bertz CT molecular complexity index is 423. The molecule has 1 saturated heterocycles. The number of guanidine groups is 1. The van der Waals surface area contributed by atoms with Crippen molar-refractivity contribution in [1.82, 2.24) is 15.5 Å². The maximum absolute atomic E-state index is 12.1. The van der Waals surface area contributed by atoms with Crippen LogP contribution in [0.4, 0.5) is 0 Å². The molecule has 0 amide bonds. The lowest BCUT2D eigenvalue weighted by Crippen LogP contribution is -2.48. The summed E-state index contributed by atoms with van der Waals surface area (Å²) in [5.41, 5.74) is 0. The fourth-order valence-electron chi connectivity index (χ4n) is 3.88. The van der Waals surface area contributed by atoms with E-state index in [2.05, 4.69) is 27.4 Å². The van der Waals surface area contributed by atoms with E-state index in [1.807, 2.05) is 14.0 Å².